The second-order valence-corrected chi connectivity index (χ2v) is 3.88. The van der Waals surface area contributed by atoms with Crippen LogP contribution in [0.15, 0.2) is 0 Å². The molecule has 5 heteroatoms. The SMILES string of the molecule is CCC1(CNCC(F)(F)F)CCCN1. The molecule has 1 unspecified atom stereocenters. The Hall–Kier alpha value is -0.290. The number of nitrogens with one attached hydrogen (secondary N) is 2. The molecule has 2 nitrogen and oxygen atoms in total. The fourth-order valence-electron chi connectivity index (χ4n) is 1.89. The van der Waals surface area contributed by atoms with E-state index in [2.05, 4.69) is 10.6 Å². The molecular weight excluding hydrogens is 193 g/mol. The van der Waals surface area contributed by atoms with E-state index in [9.17, 15) is 13.2 Å². The fourth-order valence-corrected chi connectivity index (χ4v) is 1.89. The molecule has 1 aliphatic rings. The second kappa shape index (κ2) is 4.49. The van der Waals surface area contributed by atoms with Gasteiger partial charge in [-0.05, 0) is 25.8 Å². The Morgan fingerprint density at radius 2 is 2.14 bits per heavy atom. The maximum Gasteiger partial charge on any atom is 0.401 e. The first-order valence-corrected chi connectivity index (χ1v) is 5.00. The first kappa shape index (κ1) is 11.8. The van der Waals surface area contributed by atoms with Gasteiger partial charge >= 0.3 is 6.18 Å². The van der Waals surface area contributed by atoms with Crippen LogP contribution < -0.4 is 10.6 Å². The Morgan fingerprint density at radius 1 is 1.43 bits per heavy atom. The van der Waals surface area contributed by atoms with Crippen LogP contribution in [0.5, 0.6) is 0 Å². The van der Waals surface area contributed by atoms with E-state index in [0.717, 1.165) is 25.8 Å². The highest BCUT2D eigenvalue weighted by molar-refractivity contribution is 4.93. The molecule has 0 aliphatic carbocycles. The van der Waals surface area contributed by atoms with E-state index in [4.69, 9.17) is 0 Å². The lowest BCUT2D eigenvalue weighted by Crippen LogP contribution is -2.49. The molecule has 84 valence electrons. The van der Waals surface area contributed by atoms with Crippen LogP contribution >= 0.6 is 0 Å². The van der Waals surface area contributed by atoms with Gasteiger partial charge in [0.1, 0.15) is 0 Å². The number of alkyl halides is 3. The number of rotatable bonds is 4. The van der Waals surface area contributed by atoms with E-state index in [-0.39, 0.29) is 5.54 Å². The molecule has 0 aromatic carbocycles. The maximum atomic E-state index is 11.9. The first-order chi connectivity index (χ1) is 6.47. The molecule has 1 saturated heterocycles. The van der Waals surface area contributed by atoms with Crippen molar-refractivity contribution in [1.82, 2.24) is 10.6 Å². The van der Waals surface area contributed by atoms with E-state index in [1.54, 1.807) is 0 Å². The van der Waals surface area contributed by atoms with Crippen molar-refractivity contribution in [1.29, 1.82) is 0 Å². The second-order valence-electron chi connectivity index (χ2n) is 3.88. The minimum Gasteiger partial charge on any atom is -0.310 e. The van der Waals surface area contributed by atoms with Crippen molar-refractivity contribution in [2.45, 2.75) is 37.9 Å². The highest BCUT2D eigenvalue weighted by Gasteiger charge is 2.33. The molecule has 0 radical (unpaired) electrons. The van der Waals surface area contributed by atoms with Crippen LogP contribution in [-0.4, -0.2) is 31.3 Å². The zero-order valence-electron chi connectivity index (χ0n) is 8.38. The van der Waals surface area contributed by atoms with Crippen molar-refractivity contribution in [3.05, 3.63) is 0 Å². The zero-order valence-corrected chi connectivity index (χ0v) is 8.38. The Labute approximate surface area is 82.2 Å². The topological polar surface area (TPSA) is 24.1 Å². The lowest BCUT2D eigenvalue weighted by Gasteiger charge is -2.28. The van der Waals surface area contributed by atoms with Gasteiger partial charge in [-0.2, -0.15) is 13.2 Å². The zero-order chi connectivity index (χ0) is 10.7. The summed E-state index contributed by atoms with van der Waals surface area (Å²) in [5.74, 6) is 0. The monoisotopic (exact) mass is 210 g/mol. The van der Waals surface area contributed by atoms with E-state index < -0.39 is 12.7 Å². The summed E-state index contributed by atoms with van der Waals surface area (Å²) < 4.78 is 35.6. The quantitative estimate of drug-likeness (QED) is 0.737. The van der Waals surface area contributed by atoms with Gasteiger partial charge in [0.05, 0.1) is 6.54 Å². The van der Waals surface area contributed by atoms with Crippen LogP contribution in [0.2, 0.25) is 0 Å². The molecule has 1 aliphatic heterocycles. The Kier molecular flexibility index (Phi) is 3.78. The van der Waals surface area contributed by atoms with Crippen molar-refractivity contribution in [3.63, 3.8) is 0 Å². The molecular formula is C9H17F3N2. The predicted octanol–water partition coefficient (Wildman–Crippen LogP) is 1.67. The van der Waals surface area contributed by atoms with E-state index in [1.165, 1.54) is 0 Å². The van der Waals surface area contributed by atoms with Crippen LogP contribution in [-0.2, 0) is 0 Å². The molecule has 0 aromatic rings. The summed E-state index contributed by atoms with van der Waals surface area (Å²) in [7, 11) is 0. The summed E-state index contributed by atoms with van der Waals surface area (Å²) in [6.45, 7) is 2.44. The van der Waals surface area contributed by atoms with Crippen molar-refractivity contribution in [3.8, 4) is 0 Å². The van der Waals surface area contributed by atoms with Crippen LogP contribution in [0.1, 0.15) is 26.2 Å². The third kappa shape index (κ3) is 3.46. The van der Waals surface area contributed by atoms with Gasteiger partial charge in [0, 0.05) is 12.1 Å². The van der Waals surface area contributed by atoms with Gasteiger partial charge in [-0.1, -0.05) is 6.92 Å². The largest absolute Gasteiger partial charge is 0.401 e. The Bertz CT molecular complexity index is 173. The standard InChI is InChI=1S/C9H17F3N2/c1-2-8(4-3-5-14-8)6-13-7-9(10,11)12/h13-14H,2-7H2,1H3. The normalized spacial score (nSPS) is 28.3. The molecule has 0 saturated carbocycles. The fraction of sp³-hybridized carbons (Fsp3) is 1.00. The summed E-state index contributed by atoms with van der Waals surface area (Å²) in [5.41, 5.74) is -0.106. The highest BCUT2D eigenvalue weighted by Crippen LogP contribution is 2.22. The van der Waals surface area contributed by atoms with Gasteiger partial charge in [0.2, 0.25) is 0 Å². The minimum atomic E-state index is -4.10. The van der Waals surface area contributed by atoms with Crippen molar-refractivity contribution >= 4 is 0 Å². The van der Waals surface area contributed by atoms with E-state index in [0.29, 0.717) is 6.54 Å². The van der Waals surface area contributed by atoms with Gasteiger partial charge in [-0.25, -0.2) is 0 Å². The molecule has 1 heterocycles. The van der Waals surface area contributed by atoms with Gasteiger partial charge < -0.3 is 10.6 Å². The van der Waals surface area contributed by atoms with Gasteiger partial charge in [0.15, 0.2) is 0 Å². The molecule has 1 rings (SSSR count). The third-order valence-electron chi connectivity index (χ3n) is 2.80. The summed E-state index contributed by atoms with van der Waals surface area (Å²) >= 11 is 0. The van der Waals surface area contributed by atoms with Gasteiger partial charge in [-0.3, -0.25) is 0 Å². The summed E-state index contributed by atoms with van der Waals surface area (Å²) in [6, 6.07) is 0. The van der Waals surface area contributed by atoms with Gasteiger partial charge in [-0.15, -0.1) is 0 Å². The molecule has 0 spiro atoms. The predicted molar refractivity (Wildman–Crippen MR) is 49.2 cm³/mol. The molecule has 0 bridgehead atoms. The van der Waals surface area contributed by atoms with Crippen LogP contribution in [0.3, 0.4) is 0 Å². The lowest BCUT2D eigenvalue weighted by atomic mass is 9.94. The molecule has 1 atom stereocenters. The highest BCUT2D eigenvalue weighted by atomic mass is 19.4. The first-order valence-electron chi connectivity index (χ1n) is 5.00. The Morgan fingerprint density at radius 3 is 2.57 bits per heavy atom. The molecule has 0 amide bonds. The van der Waals surface area contributed by atoms with Crippen molar-refractivity contribution in [2.24, 2.45) is 0 Å². The maximum absolute atomic E-state index is 11.9. The van der Waals surface area contributed by atoms with Crippen molar-refractivity contribution in [2.75, 3.05) is 19.6 Å². The minimum absolute atomic E-state index is 0.106. The van der Waals surface area contributed by atoms with E-state index in [1.807, 2.05) is 6.92 Å². The lowest BCUT2D eigenvalue weighted by molar-refractivity contribution is -0.125. The molecule has 0 aromatic heterocycles. The Balaban J connectivity index is 2.28. The molecule has 2 N–H and O–H groups in total. The smallest absolute Gasteiger partial charge is 0.310 e. The molecule has 14 heavy (non-hydrogen) atoms. The van der Waals surface area contributed by atoms with Crippen LogP contribution in [0, 0.1) is 0 Å². The van der Waals surface area contributed by atoms with Crippen LogP contribution in [0.25, 0.3) is 0 Å². The summed E-state index contributed by atoms with van der Waals surface area (Å²) in [5, 5.41) is 5.75. The van der Waals surface area contributed by atoms with Crippen LogP contribution in [0.4, 0.5) is 13.2 Å². The van der Waals surface area contributed by atoms with E-state index >= 15 is 0 Å². The number of hydrogen-bond donors (Lipinski definition) is 2. The average Bonchev–Trinajstić information content (AvgIpc) is 2.52. The molecule has 1 fully saturated rings. The third-order valence-corrected chi connectivity index (χ3v) is 2.80. The van der Waals surface area contributed by atoms with Gasteiger partial charge in [0.25, 0.3) is 0 Å². The number of halogens is 3. The average molecular weight is 210 g/mol. The summed E-state index contributed by atoms with van der Waals surface area (Å²) in [4.78, 5) is 0. The summed E-state index contributed by atoms with van der Waals surface area (Å²) in [6.07, 6.45) is -1.21. The van der Waals surface area contributed by atoms with Crippen molar-refractivity contribution < 1.29 is 13.2 Å². The number of hydrogen-bond acceptors (Lipinski definition) is 2.